The van der Waals surface area contributed by atoms with E-state index in [0.717, 1.165) is 16.8 Å². The van der Waals surface area contributed by atoms with Crippen LogP contribution in [0.1, 0.15) is 28.5 Å². The normalized spacial score (nSPS) is 12.2. The van der Waals surface area contributed by atoms with Crippen LogP contribution < -0.4 is 5.32 Å². The Hall–Kier alpha value is -3.59. The first-order valence-corrected chi connectivity index (χ1v) is 10.4. The van der Waals surface area contributed by atoms with Crippen LogP contribution in [0, 0.1) is 6.92 Å². The molecule has 2 aromatic carbocycles. The Morgan fingerprint density at radius 1 is 0.939 bits per heavy atom. The molecule has 1 heterocycles. The molecule has 2 unspecified atom stereocenters. The van der Waals surface area contributed by atoms with Crippen molar-refractivity contribution in [2.75, 3.05) is 13.2 Å². The maximum Gasteiger partial charge on any atom is 0.414 e. The molecule has 0 amide bonds. The highest BCUT2D eigenvalue weighted by Crippen LogP contribution is 2.28. The van der Waals surface area contributed by atoms with Crippen LogP contribution >= 0.6 is 0 Å². The number of pyridine rings is 1. The number of benzene rings is 2. The zero-order valence-corrected chi connectivity index (χ0v) is 18.3. The number of hydrogen-bond donors (Lipinski definition) is 4. The van der Waals surface area contributed by atoms with Crippen LogP contribution in [0.25, 0.3) is 0 Å². The molecule has 0 bridgehead atoms. The number of aliphatic hydroxyl groups excluding tert-OH is 1. The second-order valence-electron chi connectivity index (χ2n) is 7.20. The van der Waals surface area contributed by atoms with Crippen molar-refractivity contribution >= 4 is 11.9 Å². The van der Waals surface area contributed by atoms with Gasteiger partial charge in [-0.05, 0) is 35.7 Å². The van der Waals surface area contributed by atoms with Gasteiger partial charge in [0.25, 0.3) is 0 Å². The fourth-order valence-corrected chi connectivity index (χ4v) is 3.01. The van der Waals surface area contributed by atoms with E-state index in [0.29, 0.717) is 13.1 Å². The van der Waals surface area contributed by atoms with Crippen LogP contribution in [0.2, 0.25) is 0 Å². The Kier molecular flexibility index (Phi) is 10.7. The number of nitrogens with one attached hydrogen (secondary N) is 1. The second-order valence-corrected chi connectivity index (χ2v) is 7.20. The topological polar surface area (TPSA) is 129 Å². The van der Waals surface area contributed by atoms with Crippen molar-refractivity contribution in [2.24, 2.45) is 0 Å². The molecule has 33 heavy (non-hydrogen) atoms. The monoisotopic (exact) mass is 452 g/mol. The van der Waals surface area contributed by atoms with E-state index < -0.39 is 18.0 Å². The van der Waals surface area contributed by atoms with Gasteiger partial charge in [-0.2, -0.15) is 0 Å². The number of aliphatic carboxylic acids is 2. The van der Waals surface area contributed by atoms with E-state index in [-0.39, 0.29) is 12.7 Å². The SMILES string of the molecule is Cc1ccccc1C(OCC(O)CNCc1ccccn1)c1ccccc1.O=C(O)C(=O)O. The Balaban J connectivity index is 0.000000569. The van der Waals surface area contributed by atoms with Gasteiger partial charge in [0.15, 0.2) is 0 Å². The fourth-order valence-electron chi connectivity index (χ4n) is 3.01. The number of carboxylic acids is 2. The summed E-state index contributed by atoms with van der Waals surface area (Å²) in [4.78, 5) is 22.5. The lowest BCUT2D eigenvalue weighted by atomic mass is 9.97. The van der Waals surface area contributed by atoms with Gasteiger partial charge in [-0.15, -0.1) is 0 Å². The quantitative estimate of drug-likeness (QED) is 0.365. The molecule has 8 heteroatoms. The van der Waals surface area contributed by atoms with Gasteiger partial charge in [0.05, 0.1) is 18.4 Å². The van der Waals surface area contributed by atoms with Crippen molar-refractivity contribution in [3.05, 3.63) is 101 Å². The molecular formula is C25H28N2O6. The predicted molar refractivity (Wildman–Crippen MR) is 123 cm³/mol. The summed E-state index contributed by atoms with van der Waals surface area (Å²) in [6.45, 7) is 3.41. The average molecular weight is 453 g/mol. The molecule has 2 atom stereocenters. The van der Waals surface area contributed by atoms with Crippen molar-refractivity contribution in [2.45, 2.75) is 25.7 Å². The first-order chi connectivity index (χ1) is 15.9. The van der Waals surface area contributed by atoms with E-state index in [9.17, 15) is 5.11 Å². The maximum absolute atomic E-state index is 10.3. The molecule has 0 aliphatic carbocycles. The second kappa shape index (κ2) is 13.7. The largest absolute Gasteiger partial charge is 0.473 e. The summed E-state index contributed by atoms with van der Waals surface area (Å²) in [7, 11) is 0. The van der Waals surface area contributed by atoms with Crippen LogP contribution in [0.3, 0.4) is 0 Å². The predicted octanol–water partition coefficient (Wildman–Crippen LogP) is 2.80. The van der Waals surface area contributed by atoms with Gasteiger partial charge < -0.3 is 25.4 Å². The molecule has 8 nitrogen and oxygen atoms in total. The van der Waals surface area contributed by atoms with Gasteiger partial charge in [-0.1, -0.05) is 60.7 Å². The number of carboxylic acid groups (broad SMARTS) is 2. The summed E-state index contributed by atoms with van der Waals surface area (Å²) in [5.41, 5.74) is 4.33. The maximum atomic E-state index is 10.3. The van der Waals surface area contributed by atoms with Gasteiger partial charge in [-0.3, -0.25) is 4.98 Å². The van der Waals surface area contributed by atoms with E-state index in [4.69, 9.17) is 24.5 Å². The van der Waals surface area contributed by atoms with Crippen molar-refractivity contribution < 1.29 is 29.6 Å². The highest BCUT2D eigenvalue weighted by Gasteiger charge is 2.18. The summed E-state index contributed by atoms with van der Waals surface area (Å²) in [6.07, 6.45) is 0.977. The van der Waals surface area contributed by atoms with Crippen LogP contribution in [-0.2, 0) is 20.9 Å². The van der Waals surface area contributed by atoms with E-state index in [1.54, 1.807) is 6.20 Å². The third-order valence-electron chi connectivity index (χ3n) is 4.62. The minimum atomic E-state index is -1.82. The number of carbonyl (C=O) groups is 2. The first-order valence-electron chi connectivity index (χ1n) is 10.4. The molecule has 0 spiro atoms. The highest BCUT2D eigenvalue weighted by molar-refractivity contribution is 6.27. The Bertz CT molecular complexity index is 986. The van der Waals surface area contributed by atoms with Crippen molar-refractivity contribution in [3.63, 3.8) is 0 Å². The minimum Gasteiger partial charge on any atom is -0.473 e. The van der Waals surface area contributed by atoms with E-state index in [1.165, 1.54) is 5.56 Å². The Morgan fingerprint density at radius 2 is 1.58 bits per heavy atom. The number of hydrogen-bond acceptors (Lipinski definition) is 6. The van der Waals surface area contributed by atoms with Gasteiger partial charge in [0.1, 0.15) is 6.10 Å². The minimum absolute atomic E-state index is 0.196. The zero-order chi connectivity index (χ0) is 24.1. The number of aryl methyl sites for hydroxylation is 1. The van der Waals surface area contributed by atoms with Gasteiger partial charge >= 0.3 is 11.9 Å². The molecule has 174 valence electrons. The third-order valence-corrected chi connectivity index (χ3v) is 4.62. The summed E-state index contributed by atoms with van der Waals surface area (Å²) in [5.74, 6) is -3.65. The van der Waals surface area contributed by atoms with E-state index >= 15 is 0 Å². The standard InChI is InChI=1S/C23H26N2O2.C2H2O4/c1-18-9-5-6-13-22(18)23(19-10-3-2-4-11-19)27-17-21(26)16-24-15-20-12-7-8-14-25-20;3-1(4)2(5)6/h2-14,21,23-24,26H,15-17H2,1H3;(H,3,4)(H,5,6). The molecule has 0 aliphatic rings. The summed E-state index contributed by atoms with van der Waals surface area (Å²) < 4.78 is 6.15. The highest BCUT2D eigenvalue weighted by atomic mass is 16.5. The number of rotatable bonds is 9. The summed E-state index contributed by atoms with van der Waals surface area (Å²) in [5, 5.41) is 28.3. The van der Waals surface area contributed by atoms with Crippen LogP contribution in [0.5, 0.6) is 0 Å². The lowest BCUT2D eigenvalue weighted by Crippen LogP contribution is -2.31. The molecule has 0 aliphatic heterocycles. The number of nitrogens with zero attached hydrogens (tertiary/aromatic N) is 1. The molecule has 0 radical (unpaired) electrons. The molecule has 0 fully saturated rings. The van der Waals surface area contributed by atoms with Crippen LogP contribution in [-0.4, -0.2) is 51.5 Å². The van der Waals surface area contributed by atoms with E-state index in [1.807, 2.05) is 48.5 Å². The molecule has 3 aromatic rings. The summed E-state index contributed by atoms with van der Waals surface area (Å²) in [6, 6.07) is 24.1. The lowest BCUT2D eigenvalue weighted by molar-refractivity contribution is -0.159. The van der Waals surface area contributed by atoms with Crippen molar-refractivity contribution in [1.82, 2.24) is 10.3 Å². The molecule has 0 saturated heterocycles. The molecule has 4 N–H and O–H groups in total. The Morgan fingerprint density at radius 3 is 2.18 bits per heavy atom. The number of aliphatic hydroxyl groups is 1. The molecule has 1 aromatic heterocycles. The van der Waals surface area contributed by atoms with Gasteiger partial charge in [-0.25, -0.2) is 9.59 Å². The van der Waals surface area contributed by atoms with Crippen molar-refractivity contribution in [1.29, 1.82) is 0 Å². The first kappa shape index (κ1) is 25.7. The molecule has 0 saturated carbocycles. The number of ether oxygens (including phenoxy) is 1. The van der Waals surface area contributed by atoms with Crippen molar-refractivity contribution in [3.8, 4) is 0 Å². The zero-order valence-electron chi connectivity index (χ0n) is 18.3. The van der Waals surface area contributed by atoms with Gasteiger partial charge in [0, 0.05) is 19.3 Å². The third kappa shape index (κ3) is 9.20. The average Bonchev–Trinajstić information content (AvgIpc) is 2.82. The van der Waals surface area contributed by atoms with Crippen LogP contribution in [0.15, 0.2) is 79.0 Å². The smallest absolute Gasteiger partial charge is 0.414 e. The molecule has 3 rings (SSSR count). The lowest BCUT2D eigenvalue weighted by Gasteiger charge is -2.22. The Labute approximate surface area is 192 Å². The molecular weight excluding hydrogens is 424 g/mol. The summed E-state index contributed by atoms with van der Waals surface area (Å²) >= 11 is 0. The van der Waals surface area contributed by atoms with E-state index in [2.05, 4.69) is 41.5 Å². The number of aromatic nitrogens is 1. The van der Waals surface area contributed by atoms with Gasteiger partial charge in [0.2, 0.25) is 0 Å². The fraction of sp³-hybridized carbons (Fsp3) is 0.240. The van der Waals surface area contributed by atoms with Crippen LogP contribution in [0.4, 0.5) is 0 Å².